The third-order valence-electron chi connectivity index (χ3n) is 6.64. The first-order valence-electron chi connectivity index (χ1n) is 12.6. The summed E-state index contributed by atoms with van der Waals surface area (Å²) in [6, 6.07) is 10.2. The fourth-order valence-corrected chi connectivity index (χ4v) is 4.58. The van der Waals surface area contributed by atoms with Crippen LogP contribution in [0.2, 0.25) is 0 Å². The van der Waals surface area contributed by atoms with Crippen LogP contribution >= 0.6 is 0 Å². The van der Waals surface area contributed by atoms with E-state index in [9.17, 15) is 14.0 Å². The molecule has 7 nitrogen and oxygen atoms in total. The molecule has 3 aromatic carbocycles. The molecule has 0 aliphatic heterocycles. The van der Waals surface area contributed by atoms with Crippen molar-refractivity contribution in [1.82, 2.24) is 10.6 Å². The molecule has 4 rings (SSSR count). The Morgan fingerprint density at radius 3 is 2.35 bits per heavy atom. The number of ether oxygens (including phenoxy) is 2. The Morgan fingerprint density at radius 1 is 1.05 bits per heavy atom. The molecule has 0 bridgehead atoms. The van der Waals surface area contributed by atoms with Gasteiger partial charge in [-0.15, -0.1) is 0 Å². The average Bonchev–Trinajstić information content (AvgIpc) is 3.33. The smallest absolute Gasteiger partial charge is 0.259 e. The van der Waals surface area contributed by atoms with Gasteiger partial charge in [0.1, 0.15) is 28.7 Å². The summed E-state index contributed by atoms with van der Waals surface area (Å²) in [6.45, 7) is 7.47. The summed E-state index contributed by atoms with van der Waals surface area (Å²) in [5.41, 5.74) is 2.82. The Balaban J connectivity index is 2.05. The van der Waals surface area contributed by atoms with E-state index >= 15 is 4.39 Å². The van der Waals surface area contributed by atoms with Crippen LogP contribution in [-0.4, -0.2) is 33.1 Å². The van der Waals surface area contributed by atoms with Gasteiger partial charge in [0.05, 0.1) is 30.2 Å². The van der Waals surface area contributed by atoms with Gasteiger partial charge in [-0.2, -0.15) is 0 Å². The molecule has 2 amide bonds. The molecule has 0 atom stereocenters. The minimum absolute atomic E-state index is 0.0176. The highest BCUT2D eigenvalue weighted by molar-refractivity contribution is 6.12. The molecule has 1 aromatic heterocycles. The number of halogens is 2. The van der Waals surface area contributed by atoms with Gasteiger partial charge in [0.15, 0.2) is 0 Å². The van der Waals surface area contributed by atoms with Crippen LogP contribution in [0.25, 0.3) is 33.4 Å². The number of carbonyl (C=O) groups excluding carboxylic acids is 2. The molecule has 40 heavy (non-hydrogen) atoms. The molecule has 0 saturated heterocycles. The first kappa shape index (κ1) is 28.5. The summed E-state index contributed by atoms with van der Waals surface area (Å²) < 4.78 is 47.2. The van der Waals surface area contributed by atoms with Crippen LogP contribution in [0.1, 0.15) is 45.2 Å². The van der Waals surface area contributed by atoms with E-state index in [2.05, 4.69) is 17.2 Å². The minimum atomic E-state index is -0.724. The van der Waals surface area contributed by atoms with Gasteiger partial charge in [-0.05, 0) is 72.5 Å². The monoisotopic (exact) mass is 548 g/mol. The lowest BCUT2D eigenvalue weighted by molar-refractivity contribution is 0.0954. The van der Waals surface area contributed by atoms with Gasteiger partial charge in [-0.3, -0.25) is 9.59 Å². The number of furan rings is 1. The molecule has 0 aliphatic carbocycles. The van der Waals surface area contributed by atoms with E-state index in [1.165, 1.54) is 45.5 Å². The molecule has 0 unspecified atom stereocenters. The first-order chi connectivity index (χ1) is 19.1. The summed E-state index contributed by atoms with van der Waals surface area (Å²) in [5.74, 6) is -1.81. The van der Waals surface area contributed by atoms with Crippen molar-refractivity contribution < 1.29 is 32.3 Å². The normalized spacial score (nSPS) is 11.0. The summed E-state index contributed by atoms with van der Waals surface area (Å²) in [6.07, 6.45) is 0.537. The lowest BCUT2D eigenvalue weighted by Gasteiger charge is -2.18. The second-order valence-corrected chi connectivity index (χ2v) is 9.20. The third-order valence-corrected chi connectivity index (χ3v) is 6.64. The minimum Gasteiger partial charge on any atom is -0.496 e. The number of fused-ring (bicyclic) bond motifs is 1. The van der Waals surface area contributed by atoms with E-state index in [4.69, 9.17) is 13.9 Å². The summed E-state index contributed by atoms with van der Waals surface area (Å²) in [7, 11) is 4.35. The van der Waals surface area contributed by atoms with Gasteiger partial charge >= 0.3 is 0 Å². The third kappa shape index (κ3) is 5.20. The van der Waals surface area contributed by atoms with Crippen molar-refractivity contribution >= 4 is 22.8 Å². The van der Waals surface area contributed by atoms with Gasteiger partial charge in [0.2, 0.25) is 0 Å². The molecule has 1 heterocycles. The second-order valence-electron chi connectivity index (χ2n) is 9.20. The van der Waals surface area contributed by atoms with E-state index in [1.54, 1.807) is 25.1 Å². The van der Waals surface area contributed by atoms with Crippen molar-refractivity contribution in [3.63, 3.8) is 0 Å². The lowest BCUT2D eigenvalue weighted by Crippen LogP contribution is -2.22. The summed E-state index contributed by atoms with van der Waals surface area (Å²) >= 11 is 0. The zero-order valence-electron chi connectivity index (χ0n) is 23.0. The van der Waals surface area contributed by atoms with Crippen molar-refractivity contribution in [3.05, 3.63) is 88.6 Å². The summed E-state index contributed by atoms with van der Waals surface area (Å²) in [5, 5.41) is 5.23. The van der Waals surface area contributed by atoms with Crippen LogP contribution in [0.5, 0.6) is 5.75 Å². The molecular weight excluding hydrogens is 518 g/mol. The highest BCUT2D eigenvalue weighted by atomic mass is 19.1. The fraction of sp³-hybridized carbons (Fsp3) is 0.226. The van der Waals surface area contributed by atoms with E-state index in [-0.39, 0.29) is 40.0 Å². The van der Waals surface area contributed by atoms with Crippen molar-refractivity contribution in [3.8, 4) is 28.2 Å². The fourth-order valence-electron chi connectivity index (χ4n) is 4.58. The number of rotatable bonds is 9. The predicted molar refractivity (Wildman–Crippen MR) is 149 cm³/mol. The number of aryl methyl sites for hydroxylation is 1. The Morgan fingerprint density at radius 2 is 1.75 bits per heavy atom. The van der Waals surface area contributed by atoms with Crippen LogP contribution in [0.4, 0.5) is 8.78 Å². The maximum Gasteiger partial charge on any atom is 0.259 e. The SMILES string of the molecule is C=C(CC)NC(=O)c1cc(-c2c(COC)cc3oc(-c4ccc(F)cc4)c(C(=O)NC)c3c2F)c(C)cc1OC. The van der Waals surface area contributed by atoms with Crippen molar-refractivity contribution in [2.45, 2.75) is 26.9 Å². The van der Waals surface area contributed by atoms with Gasteiger partial charge < -0.3 is 24.5 Å². The number of nitrogens with one attached hydrogen (secondary N) is 2. The molecule has 0 spiro atoms. The Bertz CT molecular complexity index is 1620. The summed E-state index contributed by atoms with van der Waals surface area (Å²) in [4.78, 5) is 26.2. The van der Waals surface area contributed by atoms with E-state index in [0.717, 1.165) is 0 Å². The number of amides is 2. The molecule has 208 valence electrons. The number of carbonyl (C=O) groups is 2. The molecule has 9 heteroatoms. The first-order valence-corrected chi connectivity index (χ1v) is 12.6. The van der Waals surface area contributed by atoms with Crippen molar-refractivity contribution in [1.29, 1.82) is 0 Å². The van der Waals surface area contributed by atoms with E-state index in [1.807, 2.05) is 6.92 Å². The molecule has 2 N–H and O–H groups in total. The highest BCUT2D eigenvalue weighted by Crippen LogP contribution is 2.42. The molecular formula is C31H30F2N2O5. The zero-order valence-corrected chi connectivity index (χ0v) is 23.0. The van der Waals surface area contributed by atoms with Gasteiger partial charge in [-0.25, -0.2) is 8.78 Å². The van der Waals surface area contributed by atoms with Crippen molar-refractivity contribution in [2.75, 3.05) is 21.3 Å². The quantitative estimate of drug-likeness (QED) is 0.249. The predicted octanol–water partition coefficient (Wildman–Crippen LogP) is 6.52. The number of hydrogen-bond donors (Lipinski definition) is 2. The Labute approximate surface area is 230 Å². The lowest BCUT2D eigenvalue weighted by atomic mass is 9.91. The standard InChI is InChI=1S/C31H30F2N2O5/c1-7-17(3)35-30(36)22-14-21(16(2)12-23(22)39-6)25-19(15-38-5)13-24-26(28(25)33)27(31(37)34-4)29(40-24)18-8-10-20(32)11-9-18/h8-14H,3,7,15H2,1-2,4-6H3,(H,34,37)(H,35,36). The van der Waals surface area contributed by atoms with Crippen LogP contribution in [-0.2, 0) is 11.3 Å². The van der Waals surface area contributed by atoms with Gasteiger partial charge in [0, 0.05) is 31.0 Å². The second kappa shape index (κ2) is 11.7. The molecule has 0 saturated carbocycles. The van der Waals surface area contributed by atoms with Crippen molar-refractivity contribution in [2.24, 2.45) is 0 Å². The van der Waals surface area contributed by atoms with Crippen LogP contribution in [0.3, 0.4) is 0 Å². The number of methoxy groups -OCH3 is 2. The molecule has 4 aromatic rings. The van der Waals surface area contributed by atoms with Crippen LogP contribution in [0.15, 0.2) is 59.2 Å². The van der Waals surface area contributed by atoms with Crippen LogP contribution < -0.4 is 15.4 Å². The largest absolute Gasteiger partial charge is 0.496 e. The van der Waals surface area contributed by atoms with Crippen LogP contribution in [0, 0.1) is 18.6 Å². The van der Waals surface area contributed by atoms with Gasteiger partial charge in [0.25, 0.3) is 11.8 Å². The maximum absolute atomic E-state index is 16.7. The number of benzene rings is 3. The topological polar surface area (TPSA) is 89.8 Å². The van der Waals surface area contributed by atoms with Gasteiger partial charge in [-0.1, -0.05) is 13.5 Å². The zero-order chi connectivity index (χ0) is 29.1. The van der Waals surface area contributed by atoms with E-state index in [0.29, 0.717) is 40.1 Å². The number of allylic oxidation sites excluding steroid dienone is 1. The Kier molecular flexibility index (Phi) is 8.35. The number of hydrogen-bond acceptors (Lipinski definition) is 5. The highest BCUT2D eigenvalue weighted by Gasteiger charge is 2.29. The molecule has 0 aliphatic rings. The molecule has 0 fully saturated rings. The average molecular weight is 549 g/mol. The maximum atomic E-state index is 16.7. The molecule has 0 radical (unpaired) electrons. The Hall–Kier alpha value is -4.50. The van der Waals surface area contributed by atoms with E-state index < -0.39 is 23.4 Å².